The molecular formula is C21H21NO4. The van der Waals surface area contributed by atoms with Gasteiger partial charge in [0.1, 0.15) is 12.6 Å². The first-order valence-electron chi connectivity index (χ1n) is 8.86. The number of rotatable bonds is 5. The summed E-state index contributed by atoms with van der Waals surface area (Å²) in [5.74, 6) is -1.06. The molecule has 1 fully saturated rings. The van der Waals surface area contributed by atoms with Crippen LogP contribution in [0.2, 0.25) is 0 Å². The van der Waals surface area contributed by atoms with Crippen molar-refractivity contribution in [3.05, 3.63) is 59.7 Å². The Morgan fingerprint density at radius 2 is 1.62 bits per heavy atom. The topological polar surface area (TPSA) is 78.6 Å². The second kappa shape index (κ2) is 6.25. The van der Waals surface area contributed by atoms with Gasteiger partial charge in [0.25, 0.3) is 0 Å². The maximum absolute atomic E-state index is 12.5. The molecule has 0 aliphatic heterocycles. The standard InChI is InChI=1S/C21H21NO4/c1-13(22)19(23)26-21(10-11-21)20(24)25-12-18-16-8-4-2-6-14(16)15-7-3-5-9-17(15)18/h2-9,13,18H,10-12,22H2,1H3/t13-/m0/s1. The van der Waals surface area contributed by atoms with Gasteiger partial charge in [-0.05, 0) is 29.2 Å². The van der Waals surface area contributed by atoms with Gasteiger partial charge in [-0.1, -0.05) is 48.5 Å². The molecule has 0 heterocycles. The van der Waals surface area contributed by atoms with Gasteiger partial charge in [-0.25, -0.2) is 4.79 Å². The molecule has 0 saturated heterocycles. The quantitative estimate of drug-likeness (QED) is 0.838. The fraction of sp³-hybridized carbons (Fsp3) is 0.333. The summed E-state index contributed by atoms with van der Waals surface area (Å²) < 4.78 is 10.9. The minimum Gasteiger partial charge on any atom is -0.462 e. The average Bonchev–Trinajstić information content (AvgIpc) is 3.36. The van der Waals surface area contributed by atoms with Gasteiger partial charge in [0, 0.05) is 18.8 Å². The number of hydrogen-bond acceptors (Lipinski definition) is 5. The van der Waals surface area contributed by atoms with Crippen LogP contribution in [0.3, 0.4) is 0 Å². The van der Waals surface area contributed by atoms with Crippen LogP contribution in [0, 0.1) is 0 Å². The number of ether oxygens (including phenoxy) is 2. The van der Waals surface area contributed by atoms with Crippen LogP contribution < -0.4 is 5.73 Å². The van der Waals surface area contributed by atoms with Gasteiger partial charge in [0.05, 0.1) is 0 Å². The van der Waals surface area contributed by atoms with Crippen molar-refractivity contribution in [3.8, 4) is 11.1 Å². The van der Waals surface area contributed by atoms with Gasteiger partial charge in [-0.15, -0.1) is 0 Å². The van der Waals surface area contributed by atoms with Crippen molar-refractivity contribution in [2.75, 3.05) is 6.61 Å². The molecule has 5 nitrogen and oxygen atoms in total. The third kappa shape index (κ3) is 2.78. The molecule has 2 aromatic carbocycles. The largest absolute Gasteiger partial charge is 0.462 e. The zero-order chi connectivity index (χ0) is 18.3. The Morgan fingerprint density at radius 3 is 2.12 bits per heavy atom. The third-order valence-corrected chi connectivity index (χ3v) is 5.09. The van der Waals surface area contributed by atoms with E-state index in [0.29, 0.717) is 12.8 Å². The van der Waals surface area contributed by atoms with E-state index >= 15 is 0 Å². The SMILES string of the molecule is C[C@H](N)C(=O)OC1(C(=O)OCC2c3ccccc3-c3ccccc32)CC1. The zero-order valence-corrected chi connectivity index (χ0v) is 14.6. The zero-order valence-electron chi connectivity index (χ0n) is 14.6. The Bertz CT molecular complexity index is 824. The third-order valence-electron chi connectivity index (χ3n) is 5.09. The van der Waals surface area contributed by atoms with E-state index in [-0.39, 0.29) is 12.5 Å². The smallest absolute Gasteiger partial charge is 0.350 e. The molecule has 0 amide bonds. The van der Waals surface area contributed by atoms with E-state index in [9.17, 15) is 9.59 Å². The minimum absolute atomic E-state index is 0.00807. The van der Waals surface area contributed by atoms with Crippen molar-refractivity contribution in [1.82, 2.24) is 0 Å². The van der Waals surface area contributed by atoms with E-state index < -0.39 is 23.6 Å². The molecule has 26 heavy (non-hydrogen) atoms. The summed E-state index contributed by atoms with van der Waals surface area (Å²) >= 11 is 0. The predicted octanol–water partition coefficient (Wildman–Crippen LogP) is 2.77. The van der Waals surface area contributed by atoms with Gasteiger partial charge in [-0.3, -0.25) is 4.79 Å². The van der Waals surface area contributed by atoms with E-state index in [1.807, 2.05) is 24.3 Å². The number of carbonyl (C=O) groups is 2. The molecule has 134 valence electrons. The first-order chi connectivity index (χ1) is 12.5. The van der Waals surface area contributed by atoms with Crippen LogP contribution in [0.4, 0.5) is 0 Å². The molecule has 0 radical (unpaired) electrons. The molecule has 4 rings (SSSR count). The number of fused-ring (bicyclic) bond motifs is 3. The lowest BCUT2D eigenvalue weighted by Gasteiger charge is -2.19. The Hall–Kier alpha value is -2.66. The number of esters is 2. The first-order valence-corrected chi connectivity index (χ1v) is 8.86. The normalized spacial score (nSPS) is 17.8. The maximum Gasteiger partial charge on any atom is 0.350 e. The van der Waals surface area contributed by atoms with Crippen LogP contribution >= 0.6 is 0 Å². The van der Waals surface area contributed by atoms with E-state index in [0.717, 1.165) is 11.1 Å². The molecule has 2 aromatic rings. The van der Waals surface area contributed by atoms with Crippen LogP contribution in [-0.4, -0.2) is 30.2 Å². The maximum atomic E-state index is 12.5. The van der Waals surface area contributed by atoms with Crippen LogP contribution in [0.5, 0.6) is 0 Å². The second-order valence-electron chi connectivity index (χ2n) is 7.03. The minimum atomic E-state index is -1.14. The Balaban J connectivity index is 1.50. The number of nitrogens with two attached hydrogens (primary N) is 1. The van der Waals surface area contributed by atoms with Gasteiger partial charge in [0.2, 0.25) is 5.60 Å². The molecule has 1 saturated carbocycles. The summed E-state index contributed by atoms with van der Waals surface area (Å²) in [4.78, 5) is 24.3. The lowest BCUT2D eigenvalue weighted by Crippen LogP contribution is -2.38. The van der Waals surface area contributed by atoms with Crippen molar-refractivity contribution < 1.29 is 19.1 Å². The molecule has 2 aliphatic rings. The van der Waals surface area contributed by atoms with Crippen molar-refractivity contribution in [2.24, 2.45) is 5.73 Å². The number of carbonyl (C=O) groups excluding carboxylic acids is 2. The molecule has 2 aliphatic carbocycles. The van der Waals surface area contributed by atoms with Crippen LogP contribution in [0.25, 0.3) is 11.1 Å². The molecule has 5 heteroatoms. The molecule has 0 bridgehead atoms. The summed E-state index contributed by atoms with van der Waals surface area (Å²) in [6.07, 6.45) is 0.976. The Kier molecular flexibility index (Phi) is 4.04. The van der Waals surface area contributed by atoms with Crippen LogP contribution in [0.1, 0.15) is 36.8 Å². The van der Waals surface area contributed by atoms with E-state index in [1.165, 1.54) is 18.1 Å². The van der Waals surface area contributed by atoms with Gasteiger partial charge < -0.3 is 15.2 Å². The molecule has 0 aromatic heterocycles. The predicted molar refractivity (Wildman–Crippen MR) is 96.4 cm³/mol. The Morgan fingerprint density at radius 1 is 1.08 bits per heavy atom. The molecule has 2 N–H and O–H groups in total. The highest BCUT2D eigenvalue weighted by Gasteiger charge is 2.56. The lowest BCUT2D eigenvalue weighted by atomic mass is 9.98. The van der Waals surface area contributed by atoms with Crippen molar-refractivity contribution in [1.29, 1.82) is 0 Å². The first kappa shape index (κ1) is 16.8. The van der Waals surface area contributed by atoms with Crippen molar-refractivity contribution in [3.63, 3.8) is 0 Å². The van der Waals surface area contributed by atoms with Crippen molar-refractivity contribution >= 4 is 11.9 Å². The average molecular weight is 351 g/mol. The lowest BCUT2D eigenvalue weighted by molar-refractivity contribution is -0.172. The van der Waals surface area contributed by atoms with Crippen LogP contribution in [0.15, 0.2) is 48.5 Å². The van der Waals surface area contributed by atoms with Gasteiger partial charge in [-0.2, -0.15) is 0 Å². The fourth-order valence-electron chi connectivity index (χ4n) is 3.48. The van der Waals surface area contributed by atoms with E-state index in [4.69, 9.17) is 15.2 Å². The monoisotopic (exact) mass is 351 g/mol. The van der Waals surface area contributed by atoms with E-state index in [2.05, 4.69) is 24.3 Å². The summed E-state index contributed by atoms with van der Waals surface area (Å²) in [5.41, 5.74) is 9.04. The molecule has 0 spiro atoms. The molecule has 1 atom stereocenters. The summed E-state index contributed by atoms with van der Waals surface area (Å²) in [7, 11) is 0. The van der Waals surface area contributed by atoms with Gasteiger partial charge >= 0.3 is 11.9 Å². The van der Waals surface area contributed by atoms with Gasteiger partial charge in [0.15, 0.2) is 0 Å². The highest BCUT2D eigenvalue weighted by molar-refractivity contribution is 5.87. The summed E-state index contributed by atoms with van der Waals surface area (Å²) in [5, 5.41) is 0. The summed E-state index contributed by atoms with van der Waals surface area (Å²) in [6.45, 7) is 1.76. The summed E-state index contributed by atoms with van der Waals surface area (Å²) in [6, 6.07) is 15.6. The molecule has 0 unspecified atom stereocenters. The van der Waals surface area contributed by atoms with Crippen molar-refractivity contribution in [2.45, 2.75) is 37.3 Å². The molecular weight excluding hydrogens is 330 g/mol. The second-order valence-corrected chi connectivity index (χ2v) is 7.03. The number of hydrogen-bond donors (Lipinski definition) is 1. The number of benzene rings is 2. The highest BCUT2D eigenvalue weighted by atomic mass is 16.6. The van der Waals surface area contributed by atoms with Crippen LogP contribution in [-0.2, 0) is 19.1 Å². The Labute approximate surface area is 152 Å². The fourth-order valence-corrected chi connectivity index (χ4v) is 3.48. The van der Waals surface area contributed by atoms with E-state index in [1.54, 1.807) is 0 Å². The highest BCUT2D eigenvalue weighted by Crippen LogP contribution is 2.46.